The van der Waals surface area contributed by atoms with Gasteiger partial charge in [-0.2, -0.15) is 0 Å². The summed E-state index contributed by atoms with van der Waals surface area (Å²) in [5.74, 6) is 2.77. The van der Waals surface area contributed by atoms with Crippen LogP contribution >= 0.6 is 14.2 Å². The zero-order chi connectivity index (χ0) is 16.2. The maximum absolute atomic E-state index is 12.7. The molecule has 6 N–H and O–H groups in total. The largest absolute Gasteiger partial charge is 0.344 e. The molecule has 0 aromatic heterocycles. The molecule has 0 heterocycles. The first-order chi connectivity index (χ1) is 10.8. The van der Waals surface area contributed by atoms with Gasteiger partial charge in [-0.3, -0.25) is 15.2 Å². The topological polar surface area (TPSA) is 102 Å². The summed E-state index contributed by atoms with van der Waals surface area (Å²) in [7, 11) is -3.46. The molecule has 4 aliphatic rings. The van der Waals surface area contributed by atoms with Gasteiger partial charge in [-0.25, -0.2) is 14.9 Å². The minimum Gasteiger partial charge on any atom is -0.269 e. The summed E-state index contributed by atoms with van der Waals surface area (Å²) >= 11 is 5.41. The molecule has 4 fully saturated rings. The molecule has 4 saturated carbocycles. The van der Waals surface area contributed by atoms with Crippen LogP contribution in [-0.2, 0) is 20.7 Å². The second kappa shape index (κ2) is 6.14. The lowest BCUT2D eigenvalue weighted by atomic mass is 9.96. The zero-order valence-electron chi connectivity index (χ0n) is 13.4. The fourth-order valence-electron chi connectivity index (χ4n) is 5.50. The number of nitrogens with one attached hydrogen (secondary N) is 2. The van der Waals surface area contributed by atoms with Crippen LogP contribution in [0.25, 0.3) is 0 Å². The highest BCUT2D eigenvalue weighted by Crippen LogP contribution is 2.56. The van der Waals surface area contributed by atoms with Crippen molar-refractivity contribution in [3.05, 3.63) is 0 Å². The Hall–Kier alpha value is 0.680. The molecule has 132 valence electrons. The maximum Gasteiger partial charge on any atom is 0.344 e. The van der Waals surface area contributed by atoms with Crippen molar-refractivity contribution in [3.8, 4) is 0 Å². The Morgan fingerprint density at radius 3 is 1.83 bits per heavy atom. The van der Waals surface area contributed by atoms with E-state index in [-0.39, 0.29) is 6.04 Å². The normalized spacial score (nSPS) is 46.9. The predicted molar refractivity (Wildman–Crippen MR) is 96.1 cm³/mol. The molecule has 0 amide bonds. The van der Waals surface area contributed by atoms with Gasteiger partial charge in [0.25, 0.3) is 0 Å². The van der Waals surface area contributed by atoms with Gasteiger partial charge in [0.2, 0.25) is 6.57 Å². The van der Waals surface area contributed by atoms with Crippen LogP contribution in [0.3, 0.4) is 0 Å². The number of hydrogen-bond donors (Lipinski definition) is 4. The van der Waals surface area contributed by atoms with Gasteiger partial charge in [0.15, 0.2) is 0 Å². The third-order valence-electron chi connectivity index (χ3n) is 6.41. The quantitative estimate of drug-likeness (QED) is 0.527. The smallest absolute Gasteiger partial charge is 0.269 e. The van der Waals surface area contributed by atoms with Crippen molar-refractivity contribution in [2.75, 3.05) is 0 Å². The van der Waals surface area contributed by atoms with Crippen LogP contribution in [0.5, 0.6) is 0 Å². The summed E-state index contributed by atoms with van der Waals surface area (Å²) in [6.45, 7) is -2.83. The lowest BCUT2D eigenvalue weighted by Gasteiger charge is -2.32. The first-order valence-corrected chi connectivity index (χ1v) is 13.3. The van der Waals surface area contributed by atoms with Crippen LogP contribution in [0.1, 0.15) is 51.4 Å². The number of hydrogen-bond acceptors (Lipinski definition) is 3. The van der Waals surface area contributed by atoms with E-state index in [1.165, 1.54) is 38.5 Å². The van der Waals surface area contributed by atoms with Crippen molar-refractivity contribution in [1.82, 2.24) is 10.2 Å². The van der Waals surface area contributed by atoms with Crippen molar-refractivity contribution in [2.24, 2.45) is 34.7 Å². The molecule has 0 saturated heterocycles. The van der Waals surface area contributed by atoms with E-state index in [2.05, 4.69) is 10.2 Å². The first kappa shape index (κ1) is 17.1. The molecular formula is C14H28N4O2P2S. The van der Waals surface area contributed by atoms with E-state index >= 15 is 0 Å². The molecule has 0 radical (unpaired) electrons. The average Bonchev–Trinajstić information content (AvgIpc) is 3.15. The van der Waals surface area contributed by atoms with E-state index in [1.807, 2.05) is 0 Å². The maximum atomic E-state index is 12.7. The summed E-state index contributed by atoms with van der Waals surface area (Å²) in [5.41, 5.74) is 12.1. The van der Waals surface area contributed by atoms with Gasteiger partial charge in [-0.05, 0) is 74.0 Å². The fourth-order valence-corrected chi connectivity index (χ4v) is 10.2. The number of nitrogens with two attached hydrogens (primary N) is 2. The highest BCUT2D eigenvalue weighted by Gasteiger charge is 2.44. The van der Waals surface area contributed by atoms with Gasteiger partial charge in [0.1, 0.15) is 0 Å². The summed E-state index contributed by atoms with van der Waals surface area (Å²) in [5, 5.41) is 6.34. The van der Waals surface area contributed by atoms with Gasteiger partial charge in [-0.1, -0.05) is 12.8 Å². The summed E-state index contributed by atoms with van der Waals surface area (Å²) in [6, 6.07) is 0.508. The summed E-state index contributed by atoms with van der Waals surface area (Å²) < 4.78 is 18.3. The second-order valence-corrected chi connectivity index (χ2v) is 13.3. The molecule has 4 rings (SSSR count). The zero-order valence-corrected chi connectivity index (χ0v) is 16.0. The first-order valence-electron chi connectivity index (χ1n) is 8.84. The standard InChI is InChI=1S/C14H28N4O2P2S/c15-21(19,17-13-7-9-1-3-11(13)5-9)20-22(16,23)18-14-8-10-2-4-12(14)6-10/h9-14H,1-8H2,(H3,15,17,19)(H3,16,18,23). The average molecular weight is 378 g/mol. The molecule has 4 aliphatic carbocycles. The molecule has 0 spiro atoms. The molecule has 9 heteroatoms. The highest BCUT2D eigenvalue weighted by molar-refractivity contribution is 8.11. The van der Waals surface area contributed by atoms with E-state index < -0.39 is 14.2 Å². The summed E-state index contributed by atoms with van der Waals surface area (Å²) in [4.78, 5) is 0. The molecule has 4 bridgehead atoms. The van der Waals surface area contributed by atoms with Gasteiger partial charge >= 0.3 is 7.67 Å². The van der Waals surface area contributed by atoms with Gasteiger partial charge in [0.05, 0.1) is 0 Å². The van der Waals surface area contributed by atoms with Crippen LogP contribution in [0.15, 0.2) is 0 Å². The third-order valence-corrected chi connectivity index (χ3v) is 10.7. The van der Waals surface area contributed by atoms with Crippen LogP contribution in [-0.4, -0.2) is 12.1 Å². The Labute approximate surface area is 143 Å². The predicted octanol–water partition coefficient (Wildman–Crippen LogP) is 2.81. The Balaban J connectivity index is 1.33. The SMILES string of the molecule is NP(=O)(NC1CC2CCC1C2)OP(N)(=S)NC1CC2CCC1C2. The van der Waals surface area contributed by atoms with Crippen LogP contribution in [0.4, 0.5) is 0 Å². The second-order valence-electron chi connectivity index (χ2n) is 8.10. The Morgan fingerprint density at radius 2 is 1.39 bits per heavy atom. The van der Waals surface area contributed by atoms with Gasteiger partial charge in [-0.15, -0.1) is 0 Å². The van der Waals surface area contributed by atoms with Crippen LogP contribution in [0.2, 0.25) is 0 Å². The lowest BCUT2D eigenvalue weighted by Crippen LogP contribution is -2.37. The molecule has 8 atom stereocenters. The van der Waals surface area contributed by atoms with Crippen LogP contribution < -0.4 is 21.2 Å². The van der Waals surface area contributed by atoms with Gasteiger partial charge in [0, 0.05) is 12.1 Å². The van der Waals surface area contributed by atoms with E-state index in [1.54, 1.807) is 0 Å². The van der Waals surface area contributed by atoms with Gasteiger partial charge < -0.3 is 0 Å². The fraction of sp³-hybridized carbons (Fsp3) is 1.00. The molecule has 0 aliphatic heterocycles. The molecule has 0 aromatic carbocycles. The summed E-state index contributed by atoms with van der Waals surface area (Å²) in [6.07, 6.45) is 9.68. The van der Waals surface area contributed by atoms with Crippen molar-refractivity contribution < 1.29 is 8.88 Å². The highest BCUT2D eigenvalue weighted by atomic mass is 32.5. The molecule has 6 nitrogen and oxygen atoms in total. The Bertz CT molecular complexity index is 529. The van der Waals surface area contributed by atoms with E-state index in [0.29, 0.717) is 17.9 Å². The Kier molecular flexibility index (Phi) is 4.57. The number of rotatable bonds is 6. The minimum absolute atomic E-state index is 0.196. The minimum atomic E-state index is -3.46. The monoisotopic (exact) mass is 378 g/mol. The van der Waals surface area contributed by atoms with Crippen LogP contribution in [0, 0.1) is 23.7 Å². The molecule has 0 aromatic rings. The van der Waals surface area contributed by atoms with Crippen molar-refractivity contribution >= 4 is 26.0 Å². The Morgan fingerprint density at radius 1 is 0.870 bits per heavy atom. The molecular weight excluding hydrogens is 350 g/mol. The van der Waals surface area contributed by atoms with Crippen molar-refractivity contribution in [3.63, 3.8) is 0 Å². The lowest BCUT2D eigenvalue weighted by molar-refractivity contribution is 0.368. The van der Waals surface area contributed by atoms with E-state index in [4.69, 9.17) is 27.1 Å². The molecule has 23 heavy (non-hydrogen) atoms. The third kappa shape index (κ3) is 3.78. The number of fused-ring (bicyclic) bond motifs is 4. The van der Waals surface area contributed by atoms with E-state index in [0.717, 1.165) is 24.7 Å². The van der Waals surface area contributed by atoms with Crippen molar-refractivity contribution in [2.45, 2.75) is 63.5 Å². The molecule has 8 unspecified atom stereocenters. The van der Waals surface area contributed by atoms with Crippen molar-refractivity contribution in [1.29, 1.82) is 0 Å². The van der Waals surface area contributed by atoms with E-state index in [9.17, 15) is 4.57 Å².